The van der Waals surface area contributed by atoms with E-state index in [2.05, 4.69) is 20.5 Å². The molecule has 0 unspecified atom stereocenters. The van der Waals surface area contributed by atoms with E-state index in [4.69, 9.17) is 16.3 Å². The smallest absolute Gasteiger partial charge is 0.274 e. The van der Waals surface area contributed by atoms with Crippen LogP contribution in [0.25, 0.3) is 0 Å². The van der Waals surface area contributed by atoms with Gasteiger partial charge in [0.05, 0.1) is 23.9 Å². The van der Waals surface area contributed by atoms with E-state index in [0.29, 0.717) is 22.8 Å². The number of hydrogen-bond acceptors (Lipinski definition) is 5. The SMILES string of the molecule is O=C(NCCN1CCOCC1)c1ccnc(C(=O)Nc2ccccc2Cl)c1. The summed E-state index contributed by atoms with van der Waals surface area (Å²) in [7, 11) is 0. The highest BCUT2D eigenvalue weighted by Gasteiger charge is 2.14. The molecule has 2 amide bonds. The quantitative estimate of drug-likeness (QED) is 0.791. The van der Waals surface area contributed by atoms with Gasteiger partial charge in [-0.05, 0) is 24.3 Å². The molecule has 3 rings (SSSR count). The van der Waals surface area contributed by atoms with Crippen LogP contribution in [-0.2, 0) is 4.74 Å². The van der Waals surface area contributed by atoms with Crippen molar-refractivity contribution in [3.63, 3.8) is 0 Å². The number of morpholine rings is 1. The van der Waals surface area contributed by atoms with Crippen LogP contribution in [-0.4, -0.2) is 61.1 Å². The number of carbonyl (C=O) groups is 2. The third kappa shape index (κ3) is 5.50. The number of rotatable bonds is 6. The summed E-state index contributed by atoms with van der Waals surface area (Å²) >= 11 is 6.05. The fourth-order valence-corrected chi connectivity index (χ4v) is 2.88. The number of aromatic nitrogens is 1. The molecule has 0 bridgehead atoms. The molecule has 0 atom stereocenters. The Morgan fingerprint density at radius 1 is 1.15 bits per heavy atom. The maximum Gasteiger partial charge on any atom is 0.274 e. The van der Waals surface area contributed by atoms with E-state index in [0.717, 1.165) is 32.8 Å². The molecule has 2 N–H and O–H groups in total. The normalized spacial score (nSPS) is 14.6. The first-order chi connectivity index (χ1) is 13.1. The number of hydrogen-bond donors (Lipinski definition) is 2. The van der Waals surface area contributed by atoms with Gasteiger partial charge in [0, 0.05) is 37.9 Å². The van der Waals surface area contributed by atoms with Crippen LogP contribution in [0.15, 0.2) is 42.6 Å². The van der Waals surface area contributed by atoms with Crippen molar-refractivity contribution in [1.29, 1.82) is 0 Å². The lowest BCUT2D eigenvalue weighted by Crippen LogP contribution is -2.41. The largest absolute Gasteiger partial charge is 0.379 e. The maximum absolute atomic E-state index is 12.4. The van der Waals surface area contributed by atoms with Gasteiger partial charge in [0.15, 0.2) is 0 Å². The first kappa shape index (κ1) is 19.3. The van der Waals surface area contributed by atoms with Crippen LogP contribution in [0.2, 0.25) is 5.02 Å². The fraction of sp³-hybridized carbons (Fsp3) is 0.316. The van der Waals surface area contributed by atoms with Gasteiger partial charge in [-0.1, -0.05) is 23.7 Å². The highest BCUT2D eigenvalue weighted by molar-refractivity contribution is 6.33. The maximum atomic E-state index is 12.4. The summed E-state index contributed by atoms with van der Waals surface area (Å²) in [6.45, 7) is 4.49. The van der Waals surface area contributed by atoms with Gasteiger partial charge in [-0.2, -0.15) is 0 Å². The molecule has 0 saturated carbocycles. The van der Waals surface area contributed by atoms with E-state index >= 15 is 0 Å². The zero-order valence-corrected chi connectivity index (χ0v) is 15.5. The lowest BCUT2D eigenvalue weighted by molar-refractivity contribution is 0.0383. The summed E-state index contributed by atoms with van der Waals surface area (Å²) in [5.41, 5.74) is 1.03. The number of benzene rings is 1. The van der Waals surface area contributed by atoms with E-state index in [1.54, 1.807) is 30.3 Å². The Kier molecular flexibility index (Phi) is 6.75. The molecule has 1 fully saturated rings. The standard InChI is InChI=1S/C19H21ClN4O3/c20-15-3-1-2-4-16(15)23-19(26)17-13-14(5-6-21-17)18(25)22-7-8-24-9-11-27-12-10-24/h1-6,13H,7-12H2,(H,22,25)(H,23,26). The van der Waals surface area contributed by atoms with Gasteiger partial charge in [0.2, 0.25) is 0 Å². The lowest BCUT2D eigenvalue weighted by atomic mass is 10.2. The van der Waals surface area contributed by atoms with Gasteiger partial charge in [-0.15, -0.1) is 0 Å². The van der Waals surface area contributed by atoms with Crippen molar-refractivity contribution in [1.82, 2.24) is 15.2 Å². The number of pyridine rings is 1. The highest BCUT2D eigenvalue weighted by atomic mass is 35.5. The molecule has 1 aromatic carbocycles. The molecular weight excluding hydrogens is 368 g/mol. The average Bonchev–Trinajstić information content (AvgIpc) is 2.70. The number of halogens is 1. The van der Waals surface area contributed by atoms with Crippen LogP contribution in [0.3, 0.4) is 0 Å². The van der Waals surface area contributed by atoms with Crippen LogP contribution in [0.4, 0.5) is 5.69 Å². The van der Waals surface area contributed by atoms with Crippen LogP contribution < -0.4 is 10.6 Å². The molecule has 1 saturated heterocycles. The van der Waals surface area contributed by atoms with Crippen molar-refractivity contribution in [2.45, 2.75) is 0 Å². The molecule has 0 spiro atoms. The molecule has 7 nitrogen and oxygen atoms in total. The van der Waals surface area contributed by atoms with Gasteiger partial charge in [0.1, 0.15) is 5.69 Å². The number of nitrogens with zero attached hydrogens (tertiary/aromatic N) is 2. The molecule has 0 aliphatic carbocycles. The Labute approximate surface area is 162 Å². The molecule has 1 aliphatic rings. The zero-order valence-electron chi connectivity index (χ0n) is 14.8. The van der Waals surface area contributed by atoms with Crippen molar-refractivity contribution in [2.24, 2.45) is 0 Å². The van der Waals surface area contributed by atoms with Gasteiger partial charge >= 0.3 is 0 Å². The van der Waals surface area contributed by atoms with E-state index in [1.165, 1.54) is 12.3 Å². The van der Waals surface area contributed by atoms with Crippen LogP contribution in [0.1, 0.15) is 20.8 Å². The second-order valence-corrected chi connectivity index (χ2v) is 6.48. The number of amides is 2. The summed E-state index contributed by atoms with van der Waals surface area (Å²) in [4.78, 5) is 31.0. The Morgan fingerprint density at radius 3 is 2.70 bits per heavy atom. The van der Waals surface area contributed by atoms with Crippen molar-refractivity contribution < 1.29 is 14.3 Å². The van der Waals surface area contributed by atoms with E-state index < -0.39 is 5.91 Å². The highest BCUT2D eigenvalue weighted by Crippen LogP contribution is 2.21. The lowest BCUT2D eigenvalue weighted by Gasteiger charge is -2.26. The zero-order chi connectivity index (χ0) is 19.1. The Bertz CT molecular complexity index is 809. The summed E-state index contributed by atoms with van der Waals surface area (Å²) in [6, 6.07) is 9.98. The van der Waals surface area contributed by atoms with Gasteiger partial charge in [0.25, 0.3) is 11.8 Å². The first-order valence-electron chi connectivity index (χ1n) is 8.74. The summed E-state index contributed by atoms with van der Waals surface area (Å²) < 4.78 is 5.30. The van der Waals surface area contributed by atoms with Gasteiger partial charge in [-0.3, -0.25) is 19.5 Å². The van der Waals surface area contributed by atoms with Crippen LogP contribution >= 0.6 is 11.6 Å². The molecule has 27 heavy (non-hydrogen) atoms. The second kappa shape index (κ2) is 9.45. The molecule has 0 radical (unpaired) electrons. The van der Waals surface area contributed by atoms with Crippen LogP contribution in [0, 0.1) is 0 Å². The molecule has 142 valence electrons. The van der Waals surface area contributed by atoms with Gasteiger partial charge in [-0.25, -0.2) is 0 Å². The number of para-hydroxylation sites is 1. The second-order valence-electron chi connectivity index (χ2n) is 6.07. The van der Waals surface area contributed by atoms with E-state index in [-0.39, 0.29) is 11.6 Å². The molecular formula is C19H21ClN4O3. The van der Waals surface area contributed by atoms with E-state index in [9.17, 15) is 9.59 Å². The molecule has 8 heteroatoms. The Hall–Kier alpha value is -2.48. The summed E-state index contributed by atoms with van der Waals surface area (Å²) in [5, 5.41) is 6.00. The van der Waals surface area contributed by atoms with Gasteiger partial charge < -0.3 is 15.4 Å². The molecule has 1 aromatic heterocycles. The number of anilines is 1. The third-order valence-electron chi connectivity index (χ3n) is 4.19. The van der Waals surface area contributed by atoms with Crippen molar-refractivity contribution in [3.8, 4) is 0 Å². The van der Waals surface area contributed by atoms with Crippen molar-refractivity contribution >= 4 is 29.1 Å². The number of nitrogens with one attached hydrogen (secondary N) is 2. The number of ether oxygens (including phenoxy) is 1. The average molecular weight is 389 g/mol. The predicted octanol–water partition coefficient (Wildman–Crippen LogP) is 2.05. The Balaban J connectivity index is 1.56. The minimum atomic E-state index is -0.425. The van der Waals surface area contributed by atoms with Crippen LogP contribution in [0.5, 0.6) is 0 Å². The minimum Gasteiger partial charge on any atom is -0.379 e. The minimum absolute atomic E-state index is 0.149. The predicted molar refractivity (Wildman–Crippen MR) is 103 cm³/mol. The Morgan fingerprint density at radius 2 is 1.93 bits per heavy atom. The fourth-order valence-electron chi connectivity index (χ4n) is 2.70. The van der Waals surface area contributed by atoms with E-state index in [1.807, 2.05) is 0 Å². The van der Waals surface area contributed by atoms with Crippen molar-refractivity contribution in [3.05, 3.63) is 58.9 Å². The summed E-state index contributed by atoms with van der Waals surface area (Å²) in [5.74, 6) is -0.663. The summed E-state index contributed by atoms with van der Waals surface area (Å²) in [6.07, 6.45) is 1.44. The molecule has 2 heterocycles. The monoisotopic (exact) mass is 388 g/mol. The molecule has 2 aromatic rings. The topological polar surface area (TPSA) is 83.6 Å². The molecule has 1 aliphatic heterocycles. The first-order valence-corrected chi connectivity index (χ1v) is 9.11. The van der Waals surface area contributed by atoms with Crippen molar-refractivity contribution in [2.75, 3.05) is 44.7 Å². The number of carbonyl (C=O) groups excluding carboxylic acids is 2. The third-order valence-corrected chi connectivity index (χ3v) is 4.52.